The van der Waals surface area contributed by atoms with E-state index in [2.05, 4.69) is 33.6 Å². The number of hydrogen-bond acceptors (Lipinski definition) is 5. The molecule has 0 radical (unpaired) electrons. The summed E-state index contributed by atoms with van der Waals surface area (Å²) in [6.45, 7) is 10.4. The van der Waals surface area contributed by atoms with Crippen LogP contribution in [0.5, 0.6) is 0 Å². The minimum absolute atomic E-state index is 0.0394. The highest BCUT2D eigenvalue weighted by atomic mass is 32.2. The first-order valence-electron chi connectivity index (χ1n) is 10.3. The van der Waals surface area contributed by atoms with E-state index in [9.17, 15) is 9.59 Å². The van der Waals surface area contributed by atoms with Crippen molar-refractivity contribution in [3.8, 4) is 0 Å². The molecule has 0 unspecified atom stereocenters. The maximum Gasteiger partial charge on any atom is 0.310 e. The topological polar surface area (TPSA) is 52.6 Å². The van der Waals surface area contributed by atoms with Crippen LogP contribution < -0.4 is 0 Å². The van der Waals surface area contributed by atoms with Crippen LogP contribution in [0.25, 0.3) is 0 Å². The van der Waals surface area contributed by atoms with Crippen LogP contribution in [0.4, 0.5) is 0 Å². The van der Waals surface area contributed by atoms with Crippen molar-refractivity contribution < 1.29 is 19.1 Å². The zero-order chi connectivity index (χ0) is 20.5. The van der Waals surface area contributed by atoms with Gasteiger partial charge in [0, 0.05) is 12.8 Å². The summed E-state index contributed by atoms with van der Waals surface area (Å²) in [5.74, 6) is 0.835. The van der Waals surface area contributed by atoms with E-state index in [0.717, 1.165) is 38.5 Å². The highest BCUT2D eigenvalue weighted by Gasteiger charge is 2.10. The number of thioether (sulfide) groups is 1. The van der Waals surface area contributed by atoms with Crippen molar-refractivity contribution in [2.24, 2.45) is 5.41 Å². The van der Waals surface area contributed by atoms with Crippen LogP contribution in [0.2, 0.25) is 0 Å². The summed E-state index contributed by atoms with van der Waals surface area (Å²) in [7, 11) is 0. The molecule has 0 aromatic heterocycles. The Labute approximate surface area is 170 Å². The Morgan fingerprint density at radius 1 is 0.852 bits per heavy atom. The van der Waals surface area contributed by atoms with Gasteiger partial charge in [0.15, 0.2) is 0 Å². The van der Waals surface area contributed by atoms with Gasteiger partial charge in [0.2, 0.25) is 0 Å². The first-order chi connectivity index (χ1) is 12.7. The van der Waals surface area contributed by atoms with E-state index in [-0.39, 0.29) is 24.3 Å². The number of hydrogen-bond donors (Lipinski definition) is 0. The van der Waals surface area contributed by atoms with Crippen LogP contribution in [0.15, 0.2) is 12.3 Å². The van der Waals surface area contributed by atoms with Gasteiger partial charge in [-0.3, -0.25) is 9.59 Å². The zero-order valence-corrected chi connectivity index (χ0v) is 18.8. The number of carbonyl (C=O) groups excluding carboxylic acids is 2. The third kappa shape index (κ3) is 19.6. The van der Waals surface area contributed by atoms with Gasteiger partial charge in [0.25, 0.3) is 0 Å². The van der Waals surface area contributed by atoms with Crippen LogP contribution >= 0.6 is 11.8 Å². The quantitative estimate of drug-likeness (QED) is 0.173. The Morgan fingerprint density at radius 3 is 2.00 bits per heavy atom. The smallest absolute Gasteiger partial charge is 0.310 e. The van der Waals surface area contributed by atoms with Crippen LogP contribution in [-0.2, 0) is 19.1 Å². The normalized spacial score (nSPS) is 11.3. The second-order valence-corrected chi connectivity index (χ2v) is 9.29. The van der Waals surface area contributed by atoms with Crippen LogP contribution in [0.1, 0.15) is 91.4 Å². The van der Waals surface area contributed by atoms with Crippen molar-refractivity contribution in [3.63, 3.8) is 0 Å². The molecule has 0 aliphatic carbocycles. The molecule has 0 amide bonds. The van der Waals surface area contributed by atoms with Crippen molar-refractivity contribution in [1.82, 2.24) is 0 Å². The van der Waals surface area contributed by atoms with E-state index < -0.39 is 0 Å². The van der Waals surface area contributed by atoms with E-state index in [1.165, 1.54) is 25.0 Å². The second-order valence-electron chi connectivity index (χ2n) is 8.31. The fraction of sp³-hybridized carbons (Fsp3) is 0.818. The van der Waals surface area contributed by atoms with Gasteiger partial charge < -0.3 is 9.47 Å². The van der Waals surface area contributed by atoms with Gasteiger partial charge in [-0.05, 0) is 43.1 Å². The van der Waals surface area contributed by atoms with Gasteiger partial charge in [-0.25, -0.2) is 0 Å². The molecule has 0 fully saturated rings. The minimum atomic E-state index is -0.292. The van der Waals surface area contributed by atoms with Crippen molar-refractivity contribution >= 4 is 23.7 Å². The molecule has 0 heterocycles. The third-order valence-electron chi connectivity index (χ3n) is 4.19. The second kappa shape index (κ2) is 16.0. The minimum Gasteiger partial charge on any atom is -0.458 e. The molecule has 0 N–H and O–H groups in total. The van der Waals surface area contributed by atoms with Crippen LogP contribution in [0.3, 0.4) is 0 Å². The first kappa shape index (κ1) is 26.0. The Kier molecular flexibility index (Phi) is 15.5. The molecule has 0 bridgehead atoms. The summed E-state index contributed by atoms with van der Waals surface area (Å²) in [6.07, 6.45) is 12.5. The maximum absolute atomic E-state index is 11.7. The Bertz CT molecular complexity index is 427. The molecule has 0 saturated heterocycles. The lowest BCUT2D eigenvalue weighted by Gasteiger charge is -2.17. The highest BCUT2D eigenvalue weighted by Crippen LogP contribution is 2.22. The molecule has 158 valence electrons. The fourth-order valence-corrected chi connectivity index (χ4v) is 3.11. The molecule has 0 aromatic rings. The molecule has 0 spiro atoms. The number of unbranched alkanes of at least 4 members (excludes halogenated alkanes) is 6. The van der Waals surface area contributed by atoms with Gasteiger partial charge in [-0.1, -0.05) is 59.5 Å². The molecule has 0 rings (SSSR count). The number of carbonyl (C=O) groups is 2. The van der Waals surface area contributed by atoms with E-state index in [1.54, 1.807) is 0 Å². The number of ether oxygens (including phenoxy) is 2. The van der Waals surface area contributed by atoms with Crippen molar-refractivity contribution in [2.45, 2.75) is 91.4 Å². The number of esters is 2. The average molecular weight is 401 g/mol. The van der Waals surface area contributed by atoms with Gasteiger partial charge in [-0.15, -0.1) is 0 Å². The SMILES string of the molecule is C=C(COC(=O)CCCCCCC(C)(C)C)OC(=O)CCCCCCSC. The van der Waals surface area contributed by atoms with E-state index in [0.29, 0.717) is 18.3 Å². The summed E-state index contributed by atoms with van der Waals surface area (Å²) < 4.78 is 10.2. The predicted octanol–water partition coefficient (Wildman–Crippen LogP) is 6.29. The van der Waals surface area contributed by atoms with Crippen molar-refractivity contribution in [3.05, 3.63) is 12.3 Å². The predicted molar refractivity (Wildman–Crippen MR) is 115 cm³/mol. The highest BCUT2D eigenvalue weighted by molar-refractivity contribution is 7.98. The lowest BCUT2D eigenvalue weighted by Crippen LogP contribution is -2.11. The largest absolute Gasteiger partial charge is 0.458 e. The van der Waals surface area contributed by atoms with Crippen molar-refractivity contribution in [1.29, 1.82) is 0 Å². The summed E-state index contributed by atoms with van der Waals surface area (Å²) >= 11 is 1.85. The molecule has 0 aromatic carbocycles. The molecule has 0 aliphatic rings. The Hall–Kier alpha value is -0.970. The Balaban J connectivity index is 3.59. The summed E-state index contributed by atoms with van der Waals surface area (Å²) in [5, 5.41) is 0. The van der Waals surface area contributed by atoms with E-state index in [1.807, 2.05) is 11.8 Å². The molecule has 27 heavy (non-hydrogen) atoms. The third-order valence-corrected chi connectivity index (χ3v) is 4.89. The van der Waals surface area contributed by atoms with Crippen molar-refractivity contribution in [2.75, 3.05) is 18.6 Å². The van der Waals surface area contributed by atoms with Gasteiger partial charge >= 0.3 is 11.9 Å². The standard InChI is InChI=1S/C22H40O4S/c1-19(26-21(24)15-11-7-9-13-17-27-5)18-25-20(23)14-10-6-8-12-16-22(2,3)4/h1,6-18H2,2-5H3. The van der Waals surface area contributed by atoms with Crippen LogP contribution in [-0.4, -0.2) is 30.6 Å². The molecule has 5 heteroatoms. The van der Waals surface area contributed by atoms with E-state index >= 15 is 0 Å². The first-order valence-corrected chi connectivity index (χ1v) is 11.7. The molecule has 0 aliphatic heterocycles. The van der Waals surface area contributed by atoms with Gasteiger partial charge in [0.1, 0.15) is 12.4 Å². The van der Waals surface area contributed by atoms with Crippen LogP contribution in [0, 0.1) is 5.41 Å². The lowest BCUT2D eigenvalue weighted by molar-refractivity contribution is -0.147. The molecule has 4 nitrogen and oxygen atoms in total. The molecule has 0 saturated carbocycles. The fourth-order valence-electron chi connectivity index (χ4n) is 2.62. The monoisotopic (exact) mass is 400 g/mol. The average Bonchev–Trinajstić information content (AvgIpc) is 2.58. The molecular weight excluding hydrogens is 360 g/mol. The molecular formula is C22H40O4S. The van der Waals surface area contributed by atoms with E-state index in [4.69, 9.17) is 9.47 Å². The summed E-state index contributed by atoms with van der Waals surface area (Å²) in [4.78, 5) is 23.4. The lowest BCUT2D eigenvalue weighted by atomic mass is 9.89. The number of rotatable bonds is 16. The molecule has 0 atom stereocenters. The maximum atomic E-state index is 11.7. The summed E-state index contributed by atoms with van der Waals surface area (Å²) in [5.41, 5.74) is 0.380. The summed E-state index contributed by atoms with van der Waals surface area (Å²) in [6, 6.07) is 0. The van der Waals surface area contributed by atoms with Gasteiger partial charge in [0.05, 0.1) is 0 Å². The zero-order valence-electron chi connectivity index (χ0n) is 17.9. The Morgan fingerprint density at radius 2 is 1.41 bits per heavy atom. The van der Waals surface area contributed by atoms with Gasteiger partial charge in [-0.2, -0.15) is 11.8 Å².